The van der Waals surface area contributed by atoms with Crippen LogP contribution in [0.25, 0.3) is 0 Å². The van der Waals surface area contributed by atoms with Crippen molar-refractivity contribution in [3.8, 4) is 0 Å². The summed E-state index contributed by atoms with van der Waals surface area (Å²) in [5, 5.41) is 3.11. The smallest absolute Gasteiger partial charge is 0.224 e. The number of aryl methyl sites for hydroxylation is 2. The molecular weight excluding hydrogens is 354 g/mol. The number of rotatable bonds is 5. The van der Waals surface area contributed by atoms with Gasteiger partial charge in [-0.05, 0) is 26.3 Å². The fourth-order valence-corrected chi connectivity index (χ4v) is 5.41. The number of nitrogens with zero attached hydrogens (tertiary/aromatic N) is 4. The third kappa shape index (κ3) is 4.91. The summed E-state index contributed by atoms with van der Waals surface area (Å²) in [4.78, 5) is 25.1. The summed E-state index contributed by atoms with van der Waals surface area (Å²) in [6.07, 6.45) is 1.12. The van der Waals surface area contributed by atoms with Crippen molar-refractivity contribution >= 4 is 21.7 Å². The quantitative estimate of drug-likeness (QED) is 0.780. The first-order valence-corrected chi connectivity index (χ1v) is 10.9. The van der Waals surface area contributed by atoms with Gasteiger partial charge >= 0.3 is 0 Å². The second-order valence-corrected chi connectivity index (χ2v) is 9.35. The molecule has 3 rings (SSSR count). The molecule has 26 heavy (non-hydrogen) atoms. The number of amides is 1. The maximum absolute atomic E-state index is 12.4. The molecule has 0 saturated carbocycles. The second kappa shape index (κ2) is 7.87. The standard InChI is InChI=1S/C17H27N5O3S/c1-13-11-14(2)20-17(19-13)18-5-3-16(23)22-8-6-21(7-9-22)15-4-10-26(24,25)12-15/h11,15H,3-10,12H2,1-2H3,(H,18,19,20). The van der Waals surface area contributed by atoms with E-state index in [0.717, 1.165) is 30.9 Å². The van der Waals surface area contributed by atoms with Crippen molar-refractivity contribution in [2.45, 2.75) is 32.7 Å². The zero-order valence-electron chi connectivity index (χ0n) is 15.4. The summed E-state index contributed by atoms with van der Waals surface area (Å²) in [5.74, 6) is 1.23. The first-order chi connectivity index (χ1) is 12.3. The minimum absolute atomic E-state index is 0.112. The Morgan fingerprint density at radius 1 is 1.19 bits per heavy atom. The topological polar surface area (TPSA) is 95.5 Å². The molecule has 3 heterocycles. The van der Waals surface area contributed by atoms with Gasteiger partial charge in [0.05, 0.1) is 11.5 Å². The number of nitrogens with one attached hydrogen (secondary N) is 1. The van der Waals surface area contributed by atoms with E-state index in [-0.39, 0.29) is 17.7 Å². The van der Waals surface area contributed by atoms with Crippen LogP contribution in [0.3, 0.4) is 0 Å². The van der Waals surface area contributed by atoms with Crippen LogP contribution in [0, 0.1) is 13.8 Å². The van der Waals surface area contributed by atoms with Gasteiger partial charge < -0.3 is 10.2 Å². The van der Waals surface area contributed by atoms with Crippen LogP contribution in [0.2, 0.25) is 0 Å². The lowest BCUT2D eigenvalue weighted by Gasteiger charge is -2.37. The molecule has 1 amide bonds. The Morgan fingerprint density at radius 3 is 2.42 bits per heavy atom. The van der Waals surface area contributed by atoms with Crippen molar-refractivity contribution in [1.29, 1.82) is 0 Å². The van der Waals surface area contributed by atoms with E-state index in [1.165, 1.54) is 0 Å². The van der Waals surface area contributed by atoms with Crippen LogP contribution in [0.5, 0.6) is 0 Å². The highest BCUT2D eigenvalue weighted by atomic mass is 32.2. The molecule has 2 aliphatic heterocycles. The second-order valence-electron chi connectivity index (χ2n) is 7.12. The number of aromatic nitrogens is 2. The van der Waals surface area contributed by atoms with E-state index in [1.807, 2.05) is 24.8 Å². The van der Waals surface area contributed by atoms with Gasteiger partial charge in [0.2, 0.25) is 11.9 Å². The Balaban J connectivity index is 1.41. The van der Waals surface area contributed by atoms with Crippen molar-refractivity contribution < 1.29 is 13.2 Å². The van der Waals surface area contributed by atoms with E-state index in [0.29, 0.717) is 37.8 Å². The molecule has 0 aromatic carbocycles. The predicted octanol–water partition coefficient (Wildman–Crippen LogP) is 0.227. The maximum atomic E-state index is 12.4. The summed E-state index contributed by atoms with van der Waals surface area (Å²) in [6.45, 7) is 7.16. The zero-order valence-corrected chi connectivity index (χ0v) is 16.3. The molecule has 144 valence electrons. The lowest BCUT2D eigenvalue weighted by molar-refractivity contribution is -0.132. The highest BCUT2D eigenvalue weighted by Gasteiger charge is 2.34. The van der Waals surface area contributed by atoms with Crippen LogP contribution < -0.4 is 5.32 Å². The SMILES string of the molecule is Cc1cc(C)nc(NCCC(=O)N2CCN(C3CCS(=O)(=O)C3)CC2)n1. The van der Waals surface area contributed by atoms with Gasteiger partial charge in [-0.2, -0.15) is 0 Å². The van der Waals surface area contributed by atoms with Crippen LogP contribution in [-0.4, -0.2) is 84.4 Å². The van der Waals surface area contributed by atoms with Crippen LogP contribution in [-0.2, 0) is 14.6 Å². The fourth-order valence-electron chi connectivity index (χ4n) is 3.64. The highest BCUT2D eigenvalue weighted by molar-refractivity contribution is 7.91. The van der Waals surface area contributed by atoms with Crippen molar-refractivity contribution in [3.63, 3.8) is 0 Å². The first kappa shape index (κ1) is 19.0. The largest absolute Gasteiger partial charge is 0.354 e. The Kier molecular flexibility index (Phi) is 5.76. The summed E-state index contributed by atoms with van der Waals surface area (Å²) in [5.41, 5.74) is 1.80. The monoisotopic (exact) mass is 381 g/mol. The summed E-state index contributed by atoms with van der Waals surface area (Å²) in [6, 6.07) is 2.03. The van der Waals surface area contributed by atoms with Crippen molar-refractivity contribution in [1.82, 2.24) is 19.8 Å². The summed E-state index contributed by atoms with van der Waals surface area (Å²) >= 11 is 0. The van der Waals surface area contributed by atoms with Crippen molar-refractivity contribution in [2.75, 3.05) is 49.5 Å². The molecule has 1 unspecified atom stereocenters. The molecule has 1 aromatic rings. The number of hydrogen-bond acceptors (Lipinski definition) is 7. The normalized spacial score (nSPS) is 23.2. The van der Waals surface area contributed by atoms with Gasteiger partial charge in [-0.3, -0.25) is 9.69 Å². The molecule has 1 N–H and O–H groups in total. The molecule has 2 aliphatic rings. The fraction of sp³-hybridized carbons (Fsp3) is 0.706. The van der Waals surface area contributed by atoms with Crippen LogP contribution in [0.1, 0.15) is 24.2 Å². The average Bonchev–Trinajstić information content (AvgIpc) is 2.94. The first-order valence-electron chi connectivity index (χ1n) is 9.11. The molecule has 1 aromatic heterocycles. The number of carbonyl (C=O) groups is 1. The summed E-state index contributed by atoms with van der Waals surface area (Å²) in [7, 11) is -2.86. The van der Waals surface area contributed by atoms with Gasteiger partial charge in [0.1, 0.15) is 0 Å². The number of hydrogen-bond donors (Lipinski definition) is 1. The van der Waals surface area contributed by atoms with Gasteiger partial charge in [0, 0.05) is 56.6 Å². The third-order valence-corrected chi connectivity index (χ3v) is 6.75. The lowest BCUT2D eigenvalue weighted by atomic mass is 10.2. The molecule has 8 nitrogen and oxygen atoms in total. The molecule has 0 radical (unpaired) electrons. The molecular formula is C17H27N5O3S. The van der Waals surface area contributed by atoms with Gasteiger partial charge in [-0.25, -0.2) is 18.4 Å². The van der Waals surface area contributed by atoms with E-state index < -0.39 is 9.84 Å². The molecule has 1 atom stereocenters. The number of sulfone groups is 1. The highest BCUT2D eigenvalue weighted by Crippen LogP contribution is 2.19. The van der Waals surface area contributed by atoms with Crippen LogP contribution in [0.15, 0.2) is 6.07 Å². The van der Waals surface area contributed by atoms with Gasteiger partial charge in [0.25, 0.3) is 0 Å². The van der Waals surface area contributed by atoms with E-state index in [9.17, 15) is 13.2 Å². The molecule has 2 fully saturated rings. The Morgan fingerprint density at radius 2 is 1.85 bits per heavy atom. The van der Waals surface area contributed by atoms with E-state index in [1.54, 1.807) is 0 Å². The lowest BCUT2D eigenvalue weighted by Crippen LogP contribution is -2.52. The van der Waals surface area contributed by atoms with E-state index in [4.69, 9.17) is 0 Å². The predicted molar refractivity (Wildman–Crippen MR) is 99.8 cm³/mol. The molecule has 0 bridgehead atoms. The third-order valence-electron chi connectivity index (χ3n) is 5.00. The number of anilines is 1. The number of piperazine rings is 1. The van der Waals surface area contributed by atoms with Crippen LogP contribution in [0.4, 0.5) is 5.95 Å². The molecule has 0 spiro atoms. The van der Waals surface area contributed by atoms with E-state index >= 15 is 0 Å². The zero-order chi connectivity index (χ0) is 18.7. The minimum Gasteiger partial charge on any atom is -0.354 e. The van der Waals surface area contributed by atoms with E-state index in [2.05, 4.69) is 20.2 Å². The maximum Gasteiger partial charge on any atom is 0.224 e. The number of carbonyl (C=O) groups excluding carboxylic acids is 1. The van der Waals surface area contributed by atoms with Crippen LogP contribution >= 0.6 is 0 Å². The molecule has 2 saturated heterocycles. The Hall–Kier alpha value is -1.74. The average molecular weight is 382 g/mol. The Labute approximate surface area is 154 Å². The van der Waals surface area contributed by atoms with Gasteiger partial charge in [-0.15, -0.1) is 0 Å². The molecule has 0 aliphatic carbocycles. The van der Waals surface area contributed by atoms with Gasteiger partial charge in [0.15, 0.2) is 9.84 Å². The summed E-state index contributed by atoms with van der Waals surface area (Å²) < 4.78 is 23.3. The minimum atomic E-state index is -2.86. The van der Waals surface area contributed by atoms with Crippen molar-refractivity contribution in [2.24, 2.45) is 0 Å². The van der Waals surface area contributed by atoms with Gasteiger partial charge in [-0.1, -0.05) is 0 Å². The molecule has 9 heteroatoms. The Bertz CT molecular complexity index is 739. The van der Waals surface area contributed by atoms with Crippen molar-refractivity contribution in [3.05, 3.63) is 17.5 Å².